The van der Waals surface area contributed by atoms with Gasteiger partial charge in [-0.3, -0.25) is 0 Å². The number of nitrogens with zero attached hydrogens (tertiary/aromatic N) is 8. The number of imidazole rings is 2. The lowest BCUT2D eigenvalue weighted by atomic mass is 10.3. The standard InChI is InChI=1S/C20H33N5O3Si.C12H15N4O.C9H23NO3Si.2ClH/c1-6-26-29(27-7-2,28-8-3)17-9-14-21-18-10-12-19(13-11-18)22-23-20-24(4)15-16-25(20)5;1-15-8-9-16(2)12(15)14-13-10-4-6-11(17-3)7-5-10;1-4-11-14(12-5-2,13-6-3)9-7-8-10;;/h10-13,15-16H,6-9,14,17H2,1-5H3;4-9H,1-3H3;4-10H2,1-3H3;2*1H/q;+1;;;/p-1. The number of anilines is 1. The molecule has 4 rings (SSSR count). The minimum absolute atomic E-state index is 0. The van der Waals surface area contributed by atoms with Crippen LogP contribution in [0.15, 0.2) is 93.8 Å². The van der Waals surface area contributed by atoms with E-state index < -0.39 is 17.6 Å². The molecule has 0 radical (unpaired) electrons. The molecule has 0 saturated heterocycles. The molecule has 0 fully saturated rings. The first-order valence-corrected chi connectivity index (χ1v) is 24.7. The number of hydrogen-bond acceptors (Lipinski definition) is 13. The van der Waals surface area contributed by atoms with Crippen LogP contribution in [0.25, 0.3) is 0 Å². The predicted molar refractivity (Wildman–Crippen MR) is 239 cm³/mol. The summed E-state index contributed by atoms with van der Waals surface area (Å²) in [6.07, 6.45) is 9.57. The molecule has 2 aromatic carbocycles. The largest absolute Gasteiger partial charge is 1.00 e. The van der Waals surface area contributed by atoms with E-state index >= 15 is 0 Å². The minimum atomic E-state index is -2.56. The van der Waals surface area contributed by atoms with Crippen LogP contribution in [0.4, 0.5) is 29.0 Å². The molecule has 0 spiro atoms. The summed E-state index contributed by atoms with van der Waals surface area (Å²) >= 11 is 0. The average Bonchev–Trinajstić information content (AvgIpc) is 3.75. The Morgan fingerprint density at radius 2 is 0.952 bits per heavy atom. The molecule has 0 aliphatic heterocycles. The van der Waals surface area contributed by atoms with Crippen molar-refractivity contribution in [1.82, 2.24) is 9.13 Å². The smallest absolute Gasteiger partial charge is 0.500 e. The van der Waals surface area contributed by atoms with E-state index in [1.807, 2.05) is 161 Å². The minimum Gasteiger partial charge on any atom is -1.00 e. The van der Waals surface area contributed by atoms with E-state index in [4.69, 9.17) is 37.0 Å². The number of halogens is 2. The van der Waals surface area contributed by atoms with Gasteiger partial charge in [-0.15, -0.1) is 0 Å². The fourth-order valence-corrected chi connectivity index (χ4v) is 11.1. The van der Waals surface area contributed by atoms with Gasteiger partial charge in [-0.1, -0.05) is 10.2 Å². The third-order valence-corrected chi connectivity index (χ3v) is 14.9. The van der Waals surface area contributed by atoms with Gasteiger partial charge in [-0.05, 0) is 109 Å². The second-order valence-corrected chi connectivity index (χ2v) is 18.6. The monoisotopic (exact) mass is 942 g/mol. The van der Waals surface area contributed by atoms with Crippen molar-refractivity contribution in [2.45, 2.75) is 66.5 Å². The van der Waals surface area contributed by atoms with Crippen molar-refractivity contribution in [3.8, 4) is 5.75 Å². The van der Waals surface area contributed by atoms with Crippen LogP contribution in [-0.4, -0.2) is 86.6 Å². The average molecular weight is 944 g/mol. The first-order valence-electron chi connectivity index (χ1n) is 20.9. The van der Waals surface area contributed by atoms with Gasteiger partial charge in [0, 0.05) is 74.2 Å². The molecular formula is C41H72Cl2N10O7Si2. The zero-order valence-corrected chi connectivity index (χ0v) is 42.2. The van der Waals surface area contributed by atoms with Gasteiger partial charge in [0.25, 0.3) is 0 Å². The molecule has 0 saturated carbocycles. The first-order chi connectivity index (χ1) is 29.0. The molecule has 3 N–H and O–H groups in total. The van der Waals surface area contributed by atoms with Gasteiger partial charge in [0.1, 0.15) is 17.1 Å². The zero-order valence-electron chi connectivity index (χ0n) is 38.7. The van der Waals surface area contributed by atoms with Gasteiger partial charge < -0.3 is 67.2 Å². The third-order valence-electron chi connectivity index (χ3n) is 8.60. The van der Waals surface area contributed by atoms with Gasteiger partial charge in [-0.25, -0.2) is 18.3 Å². The predicted octanol–water partition coefficient (Wildman–Crippen LogP) is 1.78. The Balaban J connectivity index is 0.000000964. The number of azo groups is 2. The lowest BCUT2D eigenvalue weighted by Gasteiger charge is -2.28. The molecule has 0 atom stereocenters. The fourth-order valence-electron chi connectivity index (χ4n) is 5.80. The van der Waals surface area contributed by atoms with E-state index in [-0.39, 0.29) is 24.8 Å². The highest BCUT2D eigenvalue weighted by Gasteiger charge is 2.40. The summed E-state index contributed by atoms with van der Waals surface area (Å²) in [5, 5.41) is 20.4. The quantitative estimate of drug-likeness (QED) is 0.0436. The summed E-state index contributed by atoms with van der Waals surface area (Å²) in [5.74, 6) is 2.40. The number of nitrogens with two attached hydrogens (primary N) is 1. The second kappa shape index (κ2) is 33.0. The topological polar surface area (TPSA) is 170 Å². The summed E-state index contributed by atoms with van der Waals surface area (Å²) in [6.45, 7) is 17.0. The van der Waals surface area contributed by atoms with Crippen LogP contribution in [-0.2, 0) is 54.7 Å². The highest BCUT2D eigenvalue weighted by atomic mass is 35.5. The third kappa shape index (κ3) is 20.7. The molecule has 62 heavy (non-hydrogen) atoms. The van der Waals surface area contributed by atoms with E-state index in [0.717, 1.165) is 66.2 Å². The van der Waals surface area contributed by atoms with Crippen LogP contribution < -0.4 is 49.7 Å². The Kier molecular flexibility index (Phi) is 31.1. The molecular weight excluding hydrogens is 872 g/mol. The van der Waals surface area contributed by atoms with Gasteiger partial charge in [-0.2, -0.15) is 0 Å². The normalized spacial score (nSPS) is 11.4. The number of benzene rings is 2. The molecule has 21 heteroatoms. The maximum atomic E-state index is 5.89. The van der Waals surface area contributed by atoms with Gasteiger partial charge in [0.2, 0.25) is 0 Å². The number of ether oxygens (including phenoxy) is 1. The van der Waals surface area contributed by atoms with Crippen molar-refractivity contribution >= 4 is 46.6 Å². The van der Waals surface area contributed by atoms with Crippen molar-refractivity contribution in [1.29, 1.82) is 0 Å². The number of methoxy groups -OCH3 is 1. The Morgan fingerprint density at radius 3 is 1.27 bits per heavy atom. The van der Waals surface area contributed by atoms with Gasteiger partial charge >= 0.3 is 29.5 Å². The fraction of sp³-hybridized carbons (Fsp3) is 0.561. The molecule has 0 aliphatic rings. The number of aryl methyl sites for hydroxylation is 4. The van der Waals surface area contributed by atoms with Crippen LogP contribution in [0.3, 0.4) is 0 Å². The van der Waals surface area contributed by atoms with Crippen LogP contribution in [0.2, 0.25) is 12.1 Å². The zero-order chi connectivity index (χ0) is 44.2. The molecule has 0 aliphatic carbocycles. The lowest BCUT2D eigenvalue weighted by molar-refractivity contribution is -0.657. The molecule has 350 valence electrons. The van der Waals surface area contributed by atoms with E-state index in [9.17, 15) is 0 Å². The van der Waals surface area contributed by atoms with E-state index in [1.54, 1.807) is 7.11 Å². The number of rotatable bonds is 25. The Labute approximate surface area is 384 Å². The molecule has 2 aromatic heterocycles. The second-order valence-electron chi connectivity index (χ2n) is 13.2. The first kappa shape index (κ1) is 58.4. The molecule has 2 heterocycles. The Bertz CT molecular complexity index is 1730. The summed E-state index contributed by atoms with van der Waals surface area (Å²) in [4.78, 5) is 0. The van der Waals surface area contributed by atoms with Crippen molar-refractivity contribution in [2.75, 3.05) is 65.2 Å². The summed E-state index contributed by atoms with van der Waals surface area (Å²) < 4.78 is 47.4. The van der Waals surface area contributed by atoms with Crippen LogP contribution in [0, 0.1) is 0 Å². The molecule has 0 bridgehead atoms. The summed E-state index contributed by atoms with van der Waals surface area (Å²) in [7, 11) is 4.44. The molecule has 0 unspecified atom stereocenters. The SMILES string of the molecule is CCO[Si](CCCN)(OCC)OCC.CCO[Si](CCCNc1ccc(N=Nc2n(C)cc[n+]2C)cc1)(OCC)OCC.COc1ccc(N=Nc2n(C)cc[n+]2C)cc1.[Cl-].[Cl-]. The highest BCUT2D eigenvalue weighted by molar-refractivity contribution is 6.61. The van der Waals surface area contributed by atoms with Crippen LogP contribution >= 0.6 is 0 Å². The Hall–Kier alpha value is -3.61. The van der Waals surface area contributed by atoms with Crippen molar-refractivity contribution in [2.24, 2.45) is 54.4 Å². The number of hydrogen-bond donors (Lipinski definition) is 2. The van der Waals surface area contributed by atoms with Gasteiger partial charge in [0.15, 0.2) is 0 Å². The maximum absolute atomic E-state index is 5.89. The molecule has 0 amide bonds. The van der Waals surface area contributed by atoms with Crippen LogP contribution in [0.1, 0.15) is 54.4 Å². The van der Waals surface area contributed by atoms with Gasteiger partial charge in [0.05, 0.1) is 60.1 Å². The lowest BCUT2D eigenvalue weighted by Crippen LogP contribution is -3.00. The van der Waals surface area contributed by atoms with Crippen molar-refractivity contribution < 1.29 is 65.2 Å². The van der Waals surface area contributed by atoms with E-state index in [2.05, 4.69) is 25.8 Å². The summed E-state index contributed by atoms with van der Waals surface area (Å²) in [5.41, 5.74) is 8.14. The highest BCUT2D eigenvalue weighted by Crippen LogP contribution is 2.22. The molecule has 17 nitrogen and oxygen atoms in total. The van der Waals surface area contributed by atoms with Crippen LogP contribution in [0.5, 0.6) is 5.75 Å². The maximum Gasteiger partial charge on any atom is 0.500 e. The van der Waals surface area contributed by atoms with E-state index in [1.165, 1.54) is 0 Å². The number of aromatic nitrogens is 4. The van der Waals surface area contributed by atoms with E-state index in [0.29, 0.717) is 46.2 Å². The Morgan fingerprint density at radius 1 is 0.581 bits per heavy atom. The van der Waals surface area contributed by atoms with Crippen molar-refractivity contribution in [3.63, 3.8) is 0 Å². The summed E-state index contributed by atoms with van der Waals surface area (Å²) in [6, 6.07) is 17.0. The number of nitrogens with one attached hydrogen (secondary N) is 1. The van der Waals surface area contributed by atoms with Crippen molar-refractivity contribution in [3.05, 3.63) is 73.3 Å². The molecule has 4 aromatic rings.